The lowest BCUT2D eigenvalue weighted by Gasteiger charge is -2.19. The van der Waals surface area contributed by atoms with Gasteiger partial charge in [0, 0.05) is 42.7 Å². The summed E-state index contributed by atoms with van der Waals surface area (Å²) in [7, 11) is 0. The van der Waals surface area contributed by atoms with Gasteiger partial charge in [-0.15, -0.1) is 0 Å². The van der Waals surface area contributed by atoms with E-state index in [0.29, 0.717) is 37.2 Å². The lowest BCUT2D eigenvalue weighted by molar-refractivity contribution is 0.0787. The van der Waals surface area contributed by atoms with Gasteiger partial charge < -0.3 is 15.6 Å². The summed E-state index contributed by atoms with van der Waals surface area (Å²) < 4.78 is 0. The molecule has 0 bridgehead atoms. The quantitative estimate of drug-likeness (QED) is 0.856. The maximum Gasteiger partial charge on any atom is 0.261 e. The molecular weight excluding hydrogens is 330 g/mol. The largest absolute Gasteiger partial charge is 0.336 e. The van der Waals surface area contributed by atoms with Crippen molar-refractivity contribution in [3.05, 3.63) is 69.1 Å². The van der Waals surface area contributed by atoms with Crippen LogP contribution in [0.4, 0.5) is 0 Å². The Morgan fingerprint density at radius 1 is 1.12 bits per heavy atom. The highest BCUT2D eigenvalue weighted by Crippen LogP contribution is 2.27. The molecule has 6 nitrogen and oxygen atoms in total. The molecule has 4 rings (SSSR count). The number of benzene rings is 1. The van der Waals surface area contributed by atoms with Crippen molar-refractivity contribution in [2.24, 2.45) is 5.73 Å². The minimum Gasteiger partial charge on any atom is -0.336 e. The average molecular weight is 351 g/mol. The van der Waals surface area contributed by atoms with Crippen molar-refractivity contribution < 1.29 is 9.59 Å². The lowest BCUT2D eigenvalue weighted by atomic mass is 9.93. The van der Waals surface area contributed by atoms with Crippen LogP contribution in [0.2, 0.25) is 0 Å². The molecule has 3 N–H and O–H groups in total. The van der Waals surface area contributed by atoms with Gasteiger partial charge >= 0.3 is 0 Å². The predicted molar refractivity (Wildman–Crippen MR) is 97.4 cm³/mol. The van der Waals surface area contributed by atoms with Crippen LogP contribution in [0.1, 0.15) is 50.7 Å². The van der Waals surface area contributed by atoms with Crippen LogP contribution in [0, 0.1) is 0 Å². The topological polar surface area (TPSA) is 96.3 Å². The Bertz CT molecular complexity index is 920. The minimum absolute atomic E-state index is 0.0168. The summed E-state index contributed by atoms with van der Waals surface area (Å²) in [4.78, 5) is 41.8. The van der Waals surface area contributed by atoms with Crippen molar-refractivity contribution in [2.45, 2.75) is 31.2 Å². The van der Waals surface area contributed by atoms with Crippen LogP contribution in [0.25, 0.3) is 0 Å². The highest BCUT2D eigenvalue weighted by atomic mass is 16.2. The number of fused-ring (bicyclic) bond motifs is 1. The van der Waals surface area contributed by atoms with Crippen molar-refractivity contribution in [2.75, 3.05) is 13.1 Å². The molecule has 26 heavy (non-hydrogen) atoms. The smallest absolute Gasteiger partial charge is 0.261 e. The Kier molecular flexibility index (Phi) is 4.20. The van der Waals surface area contributed by atoms with E-state index < -0.39 is 5.56 Å². The Hall–Kier alpha value is -2.73. The van der Waals surface area contributed by atoms with E-state index in [1.165, 1.54) is 6.07 Å². The zero-order chi connectivity index (χ0) is 18.3. The fourth-order valence-corrected chi connectivity index (χ4v) is 3.95. The van der Waals surface area contributed by atoms with Gasteiger partial charge in [0.05, 0.1) is 0 Å². The SMILES string of the molecule is N[C@@H]1CN(C(=O)c2cc3c([nH]c2=O)CCCC3=O)C[C@H]1c1ccccc1. The molecule has 2 atom stereocenters. The molecule has 1 aliphatic carbocycles. The monoisotopic (exact) mass is 351 g/mol. The first-order valence-corrected chi connectivity index (χ1v) is 8.94. The van der Waals surface area contributed by atoms with E-state index in [1.807, 2.05) is 30.3 Å². The van der Waals surface area contributed by atoms with Crippen LogP contribution in [0.15, 0.2) is 41.2 Å². The molecule has 1 aromatic heterocycles. The van der Waals surface area contributed by atoms with Gasteiger partial charge in [-0.2, -0.15) is 0 Å². The van der Waals surface area contributed by atoms with Crippen molar-refractivity contribution >= 4 is 11.7 Å². The minimum atomic E-state index is -0.430. The molecule has 0 unspecified atom stereocenters. The molecule has 1 fully saturated rings. The third kappa shape index (κ3) is 2.86. The Morgan fingerprint density at radius 3 is 2.65 bits per heavy atom. The number of pyridine rings is 1. The fraction of sp³-hybridized carbons (Fsp3) is 0.350. The number of nitrogens with two attached hydrogens (primary N) is 1. The standard InChI is InChI=1S/C20H21N3O3/c21-16-11-23(10-15(16)12-5-2-1-3-6-12)20(26)14-9-13-17(22-19(14)25)7-4-8-18(13)24/h1-3,5-6,9,15-16H,4,7-8,10-11,21H2,(H,22,25)/t15-,16+/m0/s1. The van der Waals surface area contributed by atoms with E-state index in [9.17, 15) is 14.4 Å². The van der Waals surface area contributed by atoms with E-state index in [4.69, 9.17) is 5.73 Å². The molecule has 1 aliphatic heterocycles. The average Bonchev–Trinajstić information content (AvgIpc) is 3.03. The number of nitrogens with one attached hydrogen (secondary N) is 1. The first-order chi connectivity index (χ1) is 12.5. The molecule has 2 aromatic rings. The van der Waals surface area contributed by atoms with Gasteiger partial charge in [0.25, 0.3) is 11.5 Å². The molecule has 1 aromatic carbocycles. The second-order valence-corrected chi connectivity index (χ2v) is 7.07. The molecule has 0 spiro atoms. The summed E-state index contributed by atoms with van der Waals surface area (Å²) in [6.07, 6.45) is 1.85. The maximum absolute atomic E-state index is 12.9. The number of carbonyl (C=O) groups is 2. The van der Waals surface area contributed by atoms with E-state index in [0.717, 1.165) is 12.0 Å². The number of rotatable bonds is 2. The zero-order valence-corrected chi connectivity index (χ0v) is 14.4. The number of carbonyl (C=O) groups excluding carboxylic acids is 2. The highest BCUT2D eigenvalue weighted by molar-refractivity contribution is 6.01. The normalized spacial score (nSPS) is 22.3. The summed E-state index contributed by atoms with van der Waals surface area (Å²) in [5.74, 6) is -0.336. The molecule has 1 amide bonds. The molecule has 6 heteroatoms. The Labute approximate surface area is 151 Å². The number of aromatic nitrogens is 1. The number of hydrogen-bond donors (Lipinski definition) is 2. The first-order valence-electron chi connectivity index (χ1n) is 8.94. The number of ketones is 1. The highest BCUT2D eigenvalue weighted by Gasteiger charge is 2.35. The van der Waals surface area contributed by atoms with Crippen molar-refractivity contribution in [3.63, 3.8) is 0 Å². The third-order valence-corrected chi connectivity index (χ3v) is 5.36. The van der Waals surface area contributed by atoms with E-state index >= 15 is 0 Å². The number of H-pyrrole nitrogens is 1. The molecular formula is C20H21N3O3. The fourth-order valence-electron chi connectivity index (χ4n) is 3.95. The second-order valence-electron chi connectivity index (χ2n) is 7.07. The predicted octanol–water partition coefficient (Wildman–Crippen LogP) is 1.46. The summed E-state index contributed by atoms with van der Waals surface area (Å²) in [6, 6.07) is 11.1. The van der Waals surface area contributed by atoms with Crippen LogP contribution >= 0.6 is 0 Å². The van der Waals surface area contributed by atoms with E-state index in [1.54, 1.807) is 4.90 Å². The van der Waals surface area contributed by atoms with Crippen LogP contribution in [-0.4, -0.2) is 40.7 Å². The third-order valence-electron chi connectivity index (χ3n) is 5.36. The Morgan fingerprint density at radius 2 is 1.88 bits per heavy atom. The van der Waals surface area contributed by atoms with Gasteiger partial charge in [-0.3, -0.25) is 14.4 Å². The number of hydrogen-bond acceptors (Lipinski definition) is 4. The maximum atomic E-state index is 12.9. The number of amides is 1. The Balaban J connectivity index is 1.62. The number of Topliss-reactive ketones (excluding diaryl/α,β-unsaturated/α-hetero) is 1. The number of likely N-dealkylation sites (tertiary alicyclic amines) is 1. The van der Waals surface area contributed by atoms with Crippen LogP contribution < -0.4 is 11.3 Å². The molecule has 2 heterocycles. The van der Waals surface area contributed by atoms with Crippen LogP contribution in [0.5, 0.6) is 0 Å². The molecule has 1 saturated heterocycles. The van der Waals surface area contributed by atoms with Crippen molar-refractivity contribution in [1.29, 1.82) is 0 Å². The molecule has 0 saturated carbocycles. The molecule has 0 radical (unpaired) electrons. The van der Waals surface area contributed by atoms with Gasteiger partial charge in [-0.25, -0.2) is 0 Å². The van der Waals surface area contributed by atoms with Crippen molar-refractivity contribution in [3.8, 4) is 0 Å². The number of nitrogens with zero attached hydrogens (tertiary/aromatic N) is 1. The summed E-state index contributed by atoms with van der Waals surface area (Å²) in [6.45, 7) is 0.858. The van der Waals surface area contributed by atoms with E-state index in [2.05, 4.69) is 4.98 Å². The molecule has 134 valence electrons. The van der Waals surface area contributed by atoms with Crippen LogP contribution in [0.3, 0.4) is 0 Å². The van der Waals surface area contributed by atoms with Gasteiger partial charge in [0.2, 0.25) is 0 Å². The molecule has 2 aliphatic rings. The van der Waals surface area contributed by atoms with Crippen molar-refractivity contribution in [1.82, 2.24) is 9.88 Å². The first kappa shape index (κ1) is 16.7. The summed E-state index contributed by atoms with van der Waals surface area (Å²) >= 11 is 0. The lowest BCUT2D eigenvalue weighted by Crippen LogP contribution is -2.36. The number of aromatic amines is 1. The van der Waals surface area contributed by atoms with Gasteiger partial charge in [-0.05, 0) is 24.5 Å². The number of aryl methyl sites for hydroxylation is 1. The zero-order valence-electron chi connectivity index (χ0n) is 14.4. The van der Waals surface area contributed by atoms with Gasteiger partial charge in [0.15, 0.2) is 5.78 Å². The van der Waals surface area contributed by atoms with Crippen LogP contribution in [-0.2, 0) is 6.42 Å². The summed E-state index contributed by atoms with van der Waals surface area (Å²) in [5.41, 5.74) is 8.06. The van der Waals surface area contributed by atoms with Gasteiger partial charge in [0.1, 0.15) is 5.56 Å². The summed E-state index contributed by atoms with van der Waals surface area (Å²) in [5, 5.41) is 0. The second kappa shape index (κ2) is 6.53. The van der Waals surface area contributed by atoms with E-state index in [-0.39, 0.29) is 29.2 Å². The van der Waals surface area contributed by atoms with Gasteiger partial charge in [-0.1, -0.05) is 30.3 Å².